The quantitative estimate of drug-likeness (QED) is 0.0423. The molecule has 0 aliphatic carbocycles. The van der Waals surface area contributed by atoms with Crippen molar-refractivity contribution < 1.29 is 29.4 Å². The standard InChI is InChI=1S/C35H66N6O6S/c1-3-4-5-6-7-8-9-10-11-12-13-22-30(48)38-24-17-15-20-29(34(45)41-31(26(2)42)35(46)47)40-33(44)28(19-14-16-23-36)39-32(43)27-21-18-25-37-27/h26-29,31,37,42H,3-25,36H2,1-2H3,(H,38,48)(H,39,43)(H,40,44)(H,41,45)(H,46,47)/t26-,27+,28+,29+,31+/m1/s1. The van der Waals surface area contributed by atoms with Crippen molar-refractivity contribution in [1.82, 2.24) is 26.6 Å². The van der Waals surface area contributed by atoms with Gasteiger partial charge in [-0.3, -0.25) is 14.4 Å². The Balaban J connectivity index is 2.59. The number of nitrogens with one attached hydrogen (secondary N) is 5. The zero-order valence-corrected chi connectivity index (χ0v) is 30.5. The first-order chi connectivity index (χ1) is 23.1. The minimum absolute atomic E-state index is 0.240. The molecule has 0 aromatic carbocycles. The number of carboxylic acid groups (broad SMARTS) is 1. The third-order valence-electron chi connectivity index (χ3n) is 8.89. The van der Waals surface area contributed by atoms with E-state index in [1.54, 1.807) is 0 Å². The summed E-state index contributed by atoms with van der Waals surface area (Å²) >= 11 is 5.51. The molecule has 1 rings (SSSR count). The molecule has 0 unspecified atom stereocenters. The molecule has 0 spiro atoms. The maximum absolute atomic E-state index is 13.4. The number of thiocarbonyl (C=S) groups is 1. The summed E-state index contributed by atoms with van der Waals surface area (Å²) in [5.41, 5.74) is 5.64. The summed E-state index contributed by atoms with van der Waals surface area (Å²) in [6.45, 7) is 5.32. The highest BCUT2D eigenvalue weighted by Gasteiger charge is 2.32. The van der Waals surface area contributed by atoms with Crippen molar-refractivity contribution in [2.45, 2.75) is 173 Å². The monoisotopic (exact) mass is 698 g/mol. The van der Waals surface area contributed by atoms with Crippen LogP contribution >= 0.6 is 12.2 Å². The van der Waals surface area contributed by atoms with Crippen LogP contribution in [0.2, 0.25) is 0 Å². The molecule has 48 heavy (non-hydrogen) atoms. The minimum Gasteiger partial charge on any atom is -0.480 e. The zero-order chi connectivity index (χ0) is 35.6. The number of carboxylic acids is 1. The van der Waals surface area contributed by atoms with Crippen LogP contribution in [0.15, 0.2) is 0 Å². The summed E-state index contributed by atoms with van der Waals surface area (Å²) in [4.78, 5) is 51.9. The first kappa shape index (κ1) is 43.7. The lowest BCUT2D eigenvalue weighted by molar-refractivity contribution is -0.145. The van der Waals surface area contributed by atoms with E-state index in [1.807, 2.05) is 0 Å². The van der Waals surface area contributed by atoms with Crippen molar-refractivity contribution in [3.63, 3.8) is 0 Å². The second-order valence-electron chi connectivity index (χ2n) is 13.3. The Kier molecular flexibility index (Phi) is 25.0. The summed E-state index contributed by atoms with van der Waals surface area (Å²) in [6.07, 6.45) is 18.3. The normalized spacial score (nSPS) is 16.8. The van der Waals surface area contributed by atoms with Crippen molar-refractivity contribution in [3.05, 3.63) is 0 Å². The fraction of sp³-hybridized carbons (Fsp3) is 0.857. The molecule has 1 saturated heterocycles. The van der Waals surface area contributed by atoms with Crippen LogP contribution in [0.25, 0.3) is 0 Å². The number of amides is 3. The van der Waals surface area contributed by atoms with Crippen molar-refractivity contribution in [2.75, 3.05) is 19.6 Å². The molecule has 0 radical (unpaired) electrons. The Hall–Kier alpha value is -2.35. The molecule has 1 aliphatic rings. The lowest BCUT2D eigenvalue weighted by Gasteiger charge is -2.26. The van der Waals surface area contributed by atoms with Crippen LogP contribution in [0.5, 0.6) is 0 Å². The van der Waals surface area contributed by atoms with Gasteiger partial charge in [-0.2, -0.15) is 0 Å². The molecule has 0 aromatic rings. The Morgan fingerprint density at radius 2 is 1.38 bits per heavy atom. The van der Waals surface area contributed by atoms with Gasteiger partial charge in [0.05, 0.1) is 17.1 Å². The van der Waals surface area contributed by atoms with Gasteiger partial charge in [0.25, 0.3) is 0 Å². The minimum atomic E-state index is -1.53. The molecule has 3 amide bonds. The van der Waals surface area contributed by atoms with Gasteiger partial charge in [0.1, 0.15) is 12.1 Å². The van der Waals surface area contributed by atoms with Gasteiger partial charge in [-0.15, -0.1) is 0 Å². The molecule has 5 atom stereocenters. The van der Waals surface area contributed by atoms with E-state index in [-0.39, 0.29) is 18.4 Å². The molecule has 13 heteroatoms. The van der Waals surface area contributed by atoms with E-state index >= 15 is 0 Å². The Bertz CT molecular complexity index is 933. The molecule has 0 aromatic heterocycles. The van der Waals surface area contributed by atoms with Crippen molar-refractivity contribution >= 4 is 40.9 Å². The van der Waals surface area contributed by atoms with Gasteiger partial charge >= 0.3 is 5.97 Å². The van der Waals surface area contributed by atoms with Gasteiger partial charge in [-0.25, -0.2) is 4.79 Å². The molecular formula is C35H66N6O6S. The van der Waals surface area contributed by atoms with Crippen molar-refractivity contribution in [2.24, 2.45) is 5.73 Å². The molecule has 278 valence electrons. The summed E-state index contributed by atoms with van der Waals surface area (Å²) in [5, 5.41) is 33.7. The van der Waals surface area contributed by atoms with E-state index in [0.29, 0.717) is 51.6 Å². The van der Waals surface area contributed by atoms with E-state index in [0.717, 1.165) is 30.8 Å². The largest absolute Gasteiger partial charge is 0.480 e. The van der Waals surface area contributed by atoms with Gasteiger partial charge in [0.2, 0.25) is 17.7 Å². The Morgan fingerprint density at radius 3 is 1.92 bits per heavy atom. The van der Waals surface area contributed by atoms with Crippen molar-refractivity contribution in [1.29, 1.82) is 0 Å². The maximum atomic E-state index is 13.4. The second kappa shape index (κ2) is 27.5. The number of hydrogen-bond acceptors (Lipinski definition) is 8. The lowest BCUT2D eigenvalue weighted by atomic mass is 10.0. The number of unbranched alkanes of at least 4 members (excludes halogenated alkanes) is 12. The maximum Gasteiger partial charge on any atom is 0.328 e. The average Bonchev–Trinajstić information content (AvgIpc) is 3.60. The summed E-state index contributed by atoms with van der Waals surface area (Å²) < 4.78 is 0. The third-order valence-corrected chi connectivity index (χ3v) is 9.23. The van der Waals surface area contributed by atoms with Crippen LogP contribution < -0.4 is 32.3 Å². The fourth-order valence-corrected chi connectivity index (χ4v) is 6.11. The zero-order valence-electron chi connectivity index (χ0n) is 29.7. The molecular weight excluding hydrogens is 632 g/mol. The van der Waals surface area contributed by atoms with E-state index < -0.39 is 42.0 Å². The van der Waals surface area contributed by atoms with Gasteiger partial charge in [0, 0.05) is 6.54 Å². The summed E-state index contributed by atoms with van der Waals surface area (Å²) in [5.74, 6) is -2.87. The number of nitrogens with two attached hydrogens (primary N) is 1. The van der Waals surface area contributed by atoms with E-state index in [1.165, 1.54) is 71.1 Å². The molecule has 0 saturated carbocycles. The van der Waals surface area contributed by atoms with Crippen LogP contribution in [-0.2, 0) is 19.2 Å². The molecule has 0 bridgehead atoms. The van der Waals surface area contributed by atoms with E-state index in [4.69, 9.17) is 18.0 Å². The topological polar surface area (TPSA) is 195 Å². The molecule has 1 aliphatic heterocycles. The SMILES string of the molecule is CCCCCCCCCCCCCC(=S)NCCCC[C@H](NC(=O)[C@H](CCCCN)NC(=O)[C@@H]1CCCN1)C(=O)N[C@H](C(=O)O)[C@@H](C)O. The third kappa shape index (κ3) is 20.2. The van der Waals surface area contributed by atoms with E-state index in [2.05, 4.69) is 33.5 Å². The molecule has 12 nitrogen and oxygen atoms in total. The number of hydrogen-bond donors (Lipinski definition) is 8. The number of carbonyl (C=O) groups excluding carboxylic acids is 3. The van der Waals surface area contributed by atoms with E-state index in [9.17, 15) is 29.4 Å². The number of rotatable bonds is 29. The predicted molar refractivity (Wildman–Crippen MR) is 195 cm³/mol. The number of aliphatic carboxylic acids is 1. The van der Waals surface area contributed by atoms with Gasteiger partial charge < -0.3 is 42.5 Å². The van der Waals surface area contributed by atoms with Gasteiger partial charge in [0.15, 0.2) is 6.04 Å². The van der Waals surface area contributed by atoms with Crippen molar-refractivity contribution in [3.8, 4) is 0 Å². The van der Waals surface area contributed by atoms with Crippen LogP contribution in [0.3, 0.4) is 0 Å². The first-order valence-corrected chi connectivity index (χ1v) is 19.0. The smallest absolute Gasteiger partial charge is 0.328 e. The molecule has 1 fully saturated rings. The Labute approximate surface area is 294 Å². The predicted octanol–water partition coefficient (Wildman–Crippen LogP) is 3.58. The molecule has 1 heterocycles. The Morgan fingerprint density at radius 1 is 0.812 bits per heavy atom. The number of aliphatic hydroxyl groups excluding tert-OH is 1. The highest BCUT2D eigenvalue weighted by molar-refractivity contribution is 7.80. The highest BCUT2D eigenvalue weighted by atomic mass is 32.1. The van der Waals surface area contributed by atoms with Crippen LogP contribution in [0, 0.1) is 0 Å². The lowest BCUT2D eigenvalue weighted by Crippen LogP contribution is -2.58. The highest BCUT2D eigenvalue weighted by Crippen LogP contribution is 2.13. The fourth-order valence-electron chi connectivity index (χ4n) is 5.87. The summed E-state index contributed by atoms with van der Waals surface area (Å²) in [6, 6.07) is -3.83. The molecule has 9 N–H and O–H groups in total. The second-order valence-corrected chi connectivity index (χ2v) is 13.7. The number of carbonyl (C=O) groups is 4. The summed E-state index contributed by atoms with van der Waals surface area (Å²) in [7, 11) is 0. The van der Waals surface area contributed by atoms with Crippen LogP contribution in [0.4, 0.5) is 0 Å². The first-order valence-electron chi connectivity index (χ1n) is 18.6. The number of aliphatic hydroxyl groups is 1. The van der Waals surface area contributed by atoms with Gasteiger partial charge in [-0.1, -0.05) is 83.3 Å². The average molecular weight is 699 g/mol. The van der Waals surface area contributed by atoms with Crippen LogP contribution in [-0.4, -0.2) is 88.8 Å². The van der Waals surface area contributed by atoms with Gasteiger partial charge in [-0.05, 0) is 84.2 Å². The van der Waals surface area contributed by atoms with Crippen LogP contribution in [0.1, 0.15) is 142 Å².